The van der Waals surface area contributed by atoms with Crippen LogP contribution in [0.1, 0.15) is 18.1 Å². The van der Waals surface area contributed by atoms with Crippen molar-refractivity contribution in [3.63, 3.8) is 0 Å². The molecule has 0 amide bonds. The van der Waals surface area contributed by atoms with Crippen molar-refractivity contribution in [2.75, 3.05) is 0 Å². The van der Waals surface area contributed by atoms with Gasteiger partial charge in [-0.3, -0.25) is 0 Å². The number of aromatic nitrogens is 3. The first-order valence-electron chi connectivity index (χ1n) is 5.48. The monoisotopic (exact) mass is 342 g/mol. The van der Waals surface area contributed by atoms with Crippen LogP contribution in [0.25, 0.3) is 5.82 Å². The molecule has 2 heterocycles. The van der Waals surface area contributed by atoms with Crippen LogP contribution in [0.4, 0.5) is 0 Å². The van der Waals surface area contributed by atoms with Crippen molar-refractivity contribution in [2.24, 2.45) is 5.73 Å². The molecule has 0 aromatic carbocycles. The van der Waals surface area contributed by atoms with E-state index in [9.17, 15) is 0 Å². The maximum atomic E-state index is 5.78. The SMILES string of the molecule is Cc1cc(CC(C)N)cnc1-n1cc(I)cn1. The minimum absolute atomic E-state index is 0.160. The molecule has 2 rings (SSSR count). The van der Waals surface area contributed by atoms with Crippen molar-refractivity contribution in [1.29, 1.82) is 0 Å². The van der Waals surface area contributed by atoms with Gasteiger partial charge < -0.3 is 5.73 Å². The fraction of sp³-hybridized carbons (Fsp3) is 0.333. The van der Waals surface area contributed by atoms with Crippen molar-refractivity contribution in [1.82, 2.24) is 14.8 Å². The average molecular weight is 342 g/mol. The van der Waals surface area contributed by atoms with Crippen molar-refractivity contribution in [3.05, 3.63) is 39.4 Å². The van der Waals surface area contributed by atoms with E-state index in [-0.39, 0.29) is 6.04 Å². The van der Waals surface area contributed by atoms with E-state index in [4.69, 9.17) is 5.73 Å². The molecule has 2 N–H and O–H groups in total. The van der Waals surface area contributed by atoms with E-state index in [1.165, 1.54) is 5.56 Å². The van der Waals surface area contributed by atoms with Gasteiger partial charge in [-0.2, -0.15) is 5.10 Å². The Morgan fingerprint density at radius 1 is 1.47 bits per heavy atom. The number of halogens is 1. The van der Waals surface area contributed by atoms with Crippen LogP contribution >= 0.6 is 22.6 Å². The zero-order valence-corrected chi connectivity index (χ0v) is 12.0. The molecule has 1 unspecified atom stereocenters. The van der Waals surface area contributed by atoms with Crippen LogP contribution in [0.3, 0.4) is 0 Å². The van der Waals surface area contributed by atoms with Gasteiger partial charge in [-0.15, -0.1) is 0 Å². The Bertz CT molecular complexity index is 519. The van der Waals surface area contributed by atoms with Crippen molar-refractivity contribution in [2.45, 2.75) is 26.3 Å². The van der Waals surface area contributed by atoms with E-state index in [0.29, 0.717) is 0 Å². The number of aryl methyl sites for hydroxylation is 1. The second-order valence-corrected chi connectivity index (χ2v) is 5.51. The number of pyridine rings is 1. The molecule has 2 aromatic heterocycles. The number of nitrogens with zero attached hydrogens (tertiary/aromatic N) is 3. The normalized spacial score (nSPS) is 12.7. The minimum atomic E-state index is 0.160. The number of nitrogens with two attached hydrogens (primary N) is 1. The highest BCUT2D eigenvalue weighted by Gasteiger charge is 2.06. The Balaban J connectivity index is 2.31. The van der Waals surface area contributed by atoms with Crippen LogP contribution < -0.4 is 5.73 Å². The molecule has 0 saturated carbocycles. The predicted octanol–water partition coefficient (Wildman–Crippen LogP) is 2.07. The lowest BCUT2D eigenvalue weighted by molar-refractivity contribution is 0.732. The molecular weight excluding hydrogens is 327 g/mol. The maximum absolute atomic E-state index is 5.78. The van der Waals surface area contributed by atoms with Crippen molar-refractivity contribution in [3.8, 4) is 5.82 Å². The molecule has 2 aromatic rings. The molecule has 0 aliphatic heterocycles. The quantitative estimate of drug-likeness (QED) is 0.869. The summed E-state index contributed by atoms with van der Waals surface area (Å²) in [7, 11) is 0. The molecule has 4 nitrogen and oxygen atoms in total. The van der Waals surface area contributed by atoms with Crippen LogP contribution in [0.5, 0.6) is 0 Å². The molecule has 17 heavy (non-hydrogen) atoms. The van der Waals surface area contributed by atoms with Crippen molar-refractivity contribution < 1.29 is 0 Å². The molecule has 5 heteroatoms. The van der Waals surface area contributed by atoms with Gasteiger partial charge in [-0.1, -0.05) is 6.07 Å². The Labute approximate surface area is 114 Å². The van der Waals surface area contributed by atoms with Crippen molar-refractivity contribution >= 4 is 22.6 Å². The van der Waals surface area contributed by atoms with Crippen LogP contribution in [-0.4, -0.2) is 20.8 Å². The van der Waals surface area contributed by atoms with E-state index in [2.05, 4.69) is 38.7 Å². The van der Waals surface area contributed by atoms with E-state index in [1.807, 2.05) is 32.4 Å². The molecule has 0 radical (unpaired) electrons. The van der Waals surface area contributed by atoms with Crippen LogP contribution in [0.15, 0.2) is 24.7 Å². The summed E-state index contributed by atoms with van der Waals surface area (Å²) in [4.78, 5) is 4.46. The van der Waals surface area contributed by atoms with E-state index < -0.39 is 0 Å². The van der Waals surface area contributed by atoms with Gasteiger partial charge in [0.2, 0.25) is 0 Å². The summed E-state index contributed by atoms with van der Waals surface area (Å²) in [6, 6.07) is 2.29. The predicted molar refractivity (Wildman–Crippen MR) is 76.2 cm³/mol. The first-order chi connectivity index (χ1) is 8.06. The number of hydrogen-bond acceptors (Lipinski definition) is 3. The zero-order chi connectivity index (χ0) is 12.4. The molecule has 0 aliphatic rings. The summed E-state index contributed by atoms with van der Waals surface area (Å²) in [6.07, 6.45) is 6.50. The van der Waals surface area contributed by atoms with E-state index >= 15 is 0 Å². The molecule has 0 bridgehead atoms. The third kappa shape index (κ3) is 3.04. The number of rotatable bonds is 3. The Morgan fingerprint density at radius 3 is 2.76 bits per heavy atom. The average Bonchev–Trinajstić information content (AvgIpc) is 2.64. The third-order valence-corrected chi connectivity index (χ3v) is 2.99. The highest BCUT2D eigenvalue weighted by molar-refractivity contribution is 14.1. The van der Waals surface area contributed by atoms with Gasteiger partial charge in [-0.05, 0) is 54.0 Å². The lowest BCUT2D eigenvalue weighted by Crippen LogP contribution is -2.18. The van der Waals surface area contributed by atoms with Gasteiger partial charge in [0.25, 0.3) is 0 Å². The summed E-state index contributed by atoms with van der Waals surface area (Å²) in [5.41, 5.74) is 8.06. The Kier molecular flexibility index (Phi) is 3.78. The van der Waals surface area contributed by atoms with Gasteiger partial charge in [0.1, 0.15) is 0 Å². The van der Waals surface area contributed by atoms with Gasteiger partial charge in [0, 0.05) is 18.4 Å². The largest absolute Gasteiger partial charge is 0.328 e. The number of hydrogen-bond donors (Lipinski definition) is 1. The van der Waals surface area contributed by atoms with Crippen LogP contribution in [0, 0.1) is 10.5 Å². The summed E-state index contributed by atoms with van der Waals surface area (Å²) in [6.45, 7) is 4.04. The van der Waals surface area contributed by atoms with Crippen LogP contribution in [0.2, 0.25) is 0 Å². The second-order valence-electron chi connectivity index (χ2n) is 4.27. The van der Waals surface area contributed by atoms with Gasteiger partial charge in [0.15, 0.2) is 5.82 Å². The lowest BCUT2D eigenvalue weighted by atomic mass is 10.1. The summed E-state index contributed by atoms with van der Waals surface area (Å²) in [5, 5.41) is 4.26. The molecule has 1 atom stereocenters. The molecule has 0 saturated heterocycles. The molecule has 0 fully saturated rings. The summed E-state index contributed by atoms with van der Waals surface area (Å²) in [5.74, 6) is 0.876. The standard InChI is InChI=1S/C12H15IN4/c1-8-3-10(4-9(2)14)5-15-12(8)17-7-11(13)6-16-17/h3,5-7,9H,4,14H2,1-2H3. The zero-order valence-electron chi connectivity index (χ0n) is 9.89. The minimum Gasteiger partial charge on any atom is -0.328 e. The summed E-state index contributed by atoms with van der Waals surface area (Å²) < 4.78 is 2.90. The highest BCUT2D eigenvalue weighted by Crippen LogP contribution is 2.14. The third-order valence-electron chi connectivity index (χ3n) is 2.43. The fourth-order valence-electron chi connectivity index (χ4n) is 1.77. The Hall–Kier alpha value is -0.950. The van der Waals surface area contributed by atoms with Crippen LogP contribution in [-0.2, 0) is 6.42 Å². The van der Waals surface area contributed by atoms with Gasteiger partial charge in [0.05, 0.1) is 9.77 Å². The molecule has 90 valence electrons. The molecular formula is C12H15IN4. The maximum Gasteiger partial charge on any atom is 0.156 e. The second kappa shape index (κ2) is 5.14. The van der Waals surface area contributed by atoms with Gasteiger partial charge in [-0.25, -0.2) is 9.67 Å². The van der Waals surface area contributed by atoms with E-state index in [0.717, 1.165) is 21.4 Å². The molecule has 0 aliphatic carbocycles. The first-order valence-corrected chi connectivity index (χ1v) is 6.56. The lowest BCUT2D eigenvalue weighted by Gasteiger charge is -2.09. The topological polar surface area (TPSA) is 56.7 Å². The summed E-state index contributed by atoms with van der Waals surface area (Å²) >= 11 is 2.23. The van der Waals surface area contributed by atoms with E-state index in [1.54, 1.807) is 4.68 Å². The fourth-order valence-corrected chi connectivity index (χ4v) is 2.15. The van der Waals surface area contributed by atoms with Gasteiger partial charge >= 0.3 is 0 Å². The Morgan fingerprint density at radius 2 is 2.24 bits per heavy atom. The highest BCUT2D eigenvalue weighted by atomic mass is 127. The smallest absolute Gasteiger partial charge is 0.156 e. The first kappa shape index (κ1) is 12.5. The molecule has 0 spiro atoms.